The minimum atomic E-state index is -0.521. The van der Waals surface area contributed by atoms with Gasteiger partial charge in [-0.05, 0) is 12.3 Å². The molecule has 9 heavy (non-hydrogen) atoms. The van der Waals surface area contributed by atoms with E-state index in [1.807, 2.05) is 27.7 Å². The Morgan fingerprint density at radius 3 is 1.56 bits per heavy atom. The highest BCUT2D eigenvalue weighted by molar-refractivity contribution is 6.26. The Balaban J connectivity index is 4.39. The minimum absolute atomic E-state index is 0.0245. The first-order valence-electron chi connectivity index (χ1n) is 2.98. The van der Waals surface area contributed by atoms with E-state index in [9.17, 15) is 0 Å². The Labute approximate surface area is 62.6 Å². The topological polar surface area (TPSA) is 0 Å². The van der Waals surface area contributed by atoms with Gasteiger partial charge in [-0.15, -0.1) is 18.0 Å². The third kappa shape index (κ3) is 1.91. The average Bonchev–Trinajstić information content (AvgIpc) is 1.64. The third-order valence-corrected chi connectivity index (χ3v) is 2.36. The van der Waals surface area contributed by atoms with Gasteiger partial charge in [0.2, 0.25) is 0 Å². The molecule has 0 rings (SSSR count). The standard InChI is InChI=1S/C8H13Cl/c1-6-8(5,9)7(2,3)4/h1H,2-5H3. The summed E-state index contributed by atoms with van der Waals surface area (Å²) in [7, 11) is 0. The molecule has 0 aromatic heterocycles. The lowest BCUT2D eigenvalue weighted by Crippen LogP contribution is -2.31. The van der Waals surface area contributed by atoms with Gasteiger partial charge in [0.1, 0.15) is 4.87 Å². The van der Waals surface area contributed by atoms with Crippen LogP contribution >= 0.6 is 11.6 Å². The van der Waals surface area contributed by atoms with Crippen molar-refractivity contribution >= 4 is 11.6 Å². The summed E-state index contributed by atoms with van der Waals surface area (Å²) in [5, 5.41) is 0. The van der Waals surface area contributed by atoms with Crippen molar-refractivity contribution in [3.8, 4) is 12.3 Å². The predicted molar refractivity (Wildman–Crippen MR) is 42.5 cm³/mol. The van der Waals surface area contributed by atoms with Gasteiger partial charge in [-0.2, -0.15) is 0 Å². The summed E-state index contributed by atoms with van der Waals surface area (Å²) in [6, 6.07) is 0. The monoisotopic (exact) mass is 144 g/mol. The smallest absolute Gasteiger partial charge is 0.107 e. The number of halogens is 1. The SMILES string of the molecule is C#CC(C)(Cl)C(C)(C)C. The minimum Gasteiger partial charge on any atom is -0.118 e. The van der Waals surface area contributed by atoms with Crippen LogP contribution < -0.4 is 0 Å². The summed E-state index contributed by atoms with van der Waals surface area (Å²) in [4.78, 5) is -0.521. The van der Waals surface area contributed by atoms with Gasteiger partial charge in [-0.25, -0.2) is 0 Å². The molecule has 0 radical (unpaired) electrons. The van der Waals surface area contributed by atoms with E-state index < -0.39 is 4.87 Å². The Morgan fingerprint density at radius 2 is 1.56 bits per heavy atom. The zero-order valence-electron chi connectivity index (χ0n) is 6.46. The molecule has 52 valence electrons. The molecule has 0 heterocycles. The molecule has 0 nitrogen and oxygen atoms in total. The van der Waals surface area contributed by atoms with Gasteiger partial charge in [-0.1, -0.05) is 26.7 Å². The fraction of sp³-hybridized carbons (Fsp3) is 0.750. The molecule has 0 saturated carbocycles. The second-order valence-electron chi connectivity index (χ2n) is 3.40. The maximum Gasteiger partial charge on any atom is 0.107 e. The van der Waals surface area contributed by atoms with Crippen molar-refractivity contribution < 1.29 is 0 Å². The molecule has 0 fully saturated rings. The van der Waals surface area contributed by atoms with Crippen LogP contribution in [0, 0.1) is 17.8 Å². The van der Waals surface area contributed by atoms with Gasteiger partial charge < -0.3 is 0 Å². The molecule has 0 bridgehead atoms. The molecular formula is C8H13Cl. The second kappa shape index (κ2) is 2.23. The van der Waals surface area contributed by atoms with Crippen molar-refractivity contribution in [1.82, 2.24) is 0 Å². The van der Waals surface area contributed by atoms with E-state index in [4.69, 9.17) is 18.0 Å². The molecule has 1 unspecified atom stereocenters. The first-order chi connectivity index (χ1) is 3.81. The normalized spacial score (nSPS) is 18.2. The van der Waals surface area contributed by atoms with Crippen molar-refractivity contribution in [3.63, 3.8) is 0 Å². The summed E-state index contributed by atoms with van der Waals surface area (Å²) < 4.78 is 0. The third-order valence-electron chi connectivity index (χ3n) is 1.68. The van der Waals surface area contributed by atoms with Gasteiger partial charge >= 0.3 is 0 Å². The Bertz CT molecular complexity index is 132. The van der Waals surface area contributed by atoms with Crippen LogP contribution in [0.1, 0.15) is 27.7 Å². The Hall–Kier alpha value is -0.150. The fourth-order valence-corrected chi connectivity index (χ4v) is 0.217. The summed E-state index contributed by atoms with van der Waals surface area (Å²) >= 11 is 5.96. The van der Waals surface area contributed by atoms with E-state index in [0.717, 1.165) is 0 Å². The zero-order valence-corrected chi connectivity index (χ0v) is 7.21. The molecule has 0 saturated heterocycles. The van der Waals surface area contributed by atoms with Crippen molar-refractivity contribution in [2.75, 3.05) is 0 Å². The van der Waals surface area contributed by atoms with Crippen molar-refractivity contribution in [2.24, 2.45) is 5.41 Å². The van der Waals surface area contributed by atoms with Crippen LogP contribution in [-0.4, -0.2) is 4.87 Å². The second-order valence-corrected chi connectivity index (χ2v) is 4.15. The highest BCUT2D eigenvalue weighted by atomic mass is 35.5. The summed E-state index contributed by atoms with van der Waals surface area (Å²) in [5.41, 5.74) is -0.0245. The highest BCUT2D eigenvalue weighted by Gasteiger charge is 2.32. The molecule has 1 heteroatoms. The first-order valence-corrected chi connectivity index (χ1v) is 3.36. The van der Waals surface area contributed by atoms with Gasteiger partial charge in [0.25, 0.3) is 0 Å². The number of terminal acetylenes is 1. The molecule has 0 aliphatic heterocycles. The first kappa shape index (κ1) is 8.85. The average molecular weight is 145 g/mol. The van der Waals surface area contributed by atoms with Crippen LogP contribution in [0.3, 0.4) is 0 Å². The van der Waals surface area contributed by atoms with Crippen molar-refractivity contribution in [3.05, 3.63) is 0 Å². The van der Waals surface area contributed by atoms with E-state index in [1.165, 1.54) is 0 Å². The van der Waals surface area contributed by atoms with Crippen molar-refractivity contribution in [2.45, 2.75) is 32.6 Å². The maximum absolute atomic E-state index is 5.96. The van der Waals surface area contributed by atoms with Gasteiger partial charge in [-0.3, -0.25) is 0 Å². The molecule has 0 aromatic rings. The Kier molecular flexibility index (Phi) is 2.19. The largest absolute Gasteiger partial charge is 0.118 e. The lowest BCUT2D eigenvalue weighted by atomic mass is 9.82. The lowest BCUT2D eigenvalue weighted by Gasteiger charge is -2.31. The van der Waals surface area contributed by atoms with E-state index in [1.54, 1.807) is 0 Å². The zero-order chi connectivity index (χ0) is 7.71. The molecule has 0 amide bonds. The molecule has 0 N–H and O–H groups in total. The molecule has 0 aliphatic rings. The van der Waals surface area contributed by atoms with Crippen LogP contribution in [0.15, 0.2) is 0 Å². The molecule has 0 aromatic carbocycles. The summed E-state index contributed by atoms with van der Waals surface area (Å²) in [6.45, 7) is 7.94. The van der Waals surface area contributed by atoms with E-state index in [0.29, 0.717) is 0 Å². The number of hydrogen-bond acceptors (Lipinski definition) is 0. The number of hydrogen-bond donors (Lipinski definition) is 0. The summed E-state index contributed by atoms with van der Waals surface area (Å²) in [5.74, 6) is 2.55. The quantitative estimate of drug-likeness (QED) is 0.362. The fourth-order valence-electron chi connectivity index (χ4n) is 0.217. The van der Waals surface area contributed by atoms with Crippen LogP contribution in [0.25, 0.3) is 0 Å². The molecular weight excluding hydrogens is 132 g/mol. The summed E-state index contributed by atoms with van der Waals surface area (Å²) in [6.07, 6.45) is 5.21. The van der Waals surface area contributed by atoms with Crippen LogP contribution in [0.5, 0.6) is 0 Å². The van der Waals surface area contributed by atoms with E-state index in [2.05, 4.69) is 5.92 Å². The Morgan fingerprint density at radius 1 is 1.22 bits per heavy atom. The van der Waals surface area contributed by atoms with E-state index in [-0.39, 0.29) is 5.41 Å². The lowest BCUT2D eigenvalue weighted by molar-refractivity contribution is 0.350. The number of rotatable bonds is 0. The van der Waals surface area contributed by atoms with Crippen LogP contribution in [-0.2, 0) is 0 Å². The number of alkyl halides is 1. The van der Waals surface area contributed by atoms with Gasteiger partial charge in [0.05, 0.1) is 0 Å². The van der Waals surface area contributed by atoms with Crippen molar-refractivity contribution in [1.29, 1.82) is 0 Å². The van der Waals surface area contributed by atoms with Gasteiger partial charge in [0.15, 0.2) is 0 Å². The molecule has 0 aliphatic carbocycles. The maximum atomic E-state index is 5.96. The van der Waals surface area contributed by atoms with Gasteiger partial charge in [0, 0.05) is 0 Å². The molecule has 0 spiro atoms. The molecule has 1 atom stereocenters. The van der Waals surface area contributed by atoms with Crippen LogP contribution in [0.4, 0.5) is 0 Å². The predicted octanol–water partition coefficient (Wildman–Crippen LogP) is 2.66. The van der Waals surface area contributed by atoms with E-state index >= 15 is 0 Å². The van der Waals surface area contributed by atoms with Crippen LogP contribution in [0.2, 0.25) is 0 Å². The highest BCUT2D eigenvalue weighted by Crippen LogP contribution is 2.34.